The number of carbonyl (C=O) groups is 1. The van der Waals surface area contributed by atoms with Gasteiger partial charge in [-0.05, 0) is 19.4 Å². The van der Waals surface area contributed by atoms with Crippen LogP contribution in [0.5, 0.6) is 0 Å². The summed E-state index contributed by atoms with van der Waals surface area (Å²) >= 11 is 0. The van der Waals surface area contributed by atoms with Gasteiger partial charge in [0, 0.05) is 12.0 Å². The molecule has 0 saturated heterocycles. The molecule has 0 fully saturated rings. The third-order valence-corrected chi connectivity index (χ3v) is 1.98. The van der Waals surface area contributed by atoms with Crippen LogP contribution in [0.25, 0.3) is 0 Å². The molecule has 0 heterocycles. The van der Waals surface area contributed by atoms with Crippen LogP contribution in [0, 0.1) is 6.92 Å². The van der Waals surface area contributed by atoms with E-state index in [9.17, 15) is 13.6 Å². The number of alkyl halides is 2. The van der Waals surface area contributed by atoms with Gasteiger partial charge in [0.1, 0.15) is 5.78 Å². The van der Waals surface area contributed by atoms with Crippen LogP contribution >= 0.6 is 0 Å². The van der Waals surface area contributed by atoms with Crippen LogP contribution in [-0.4, -0.2) is 5.78 Å². The van der Waals surface area contributed by atoms with Crippen LogP contribution < -0.4 is 0 Å². The van der Waals surface area contributed by atoms with Gasteiger partial charge in [0.05, 0.1) is 0 Å². The fraction of sp³-hybridized carbons (Fsp3) is 0.364. The van der Waals surface area contributed by atoms with Crippen LogP contribution in [0.3, 0.4) is 0 Å². The van der Waals surface area contributed by atoms with Crippen molar-refractivity contribution in [3.05, 3.63) is 34.9 Å². The second-order valence-electron chi connectivity index (χ2n) is 3.38. The van der Waals surface area contributed by atoms with Gasteiger partial charge in [-0.3, -0.25) is 4.79 Å². The van der Waals surface area contributed by atoms with Crippen molar-refractivity contribution in [1.82, 2.24) is 0 Å². The normalized spacial score (nSPS) is 10.6. The summed E-state index contributed by atoms with van der Waals surface area (Å²) in [4.78, 5) is 10.8. The molecule has 0 aliphatic heterocycles. The van der Waals surface area contributed by atoms with Crippen LogP contribution in [-0.2, 0) is 11.2 Å². The standard InChI is InChI=1S/C11H12F2O/c1-7-3-4-9(6-8(2)14)10(5-7)11(12)13/h3-5,11H,6H2,1-2H3. The summed E-state index contributed by atoms with van der Waals surface area (Å²) in [5.74, 6) is -0.101. The molecule has 14 heavy (non-hydrogen) atoms. The molecule has 0 amide bonds. The first kappa shape index (κ1) is 10.8. The van der Waals surface area contributed by atoms with Crippen molar-refractivity contribution in [1.29, 1.82) is 0 Å². The third kappa shape index (κ3) is 2.62. The predicted octanol–water partition coefficient (Wildman–Crippen LogP) is 3.06. The van der Waals surface area contributed by atoms with E-state index in [-0.39, 0.29) is 17.8 Å². The first-order chi connectivity index (χ1) is 6.50. The van der Waals surface area contributed by atoms with E-state index in [0.29, 0.717) is 5.56 Å². The highest BCUT2D eigenvalue weighted by Crippen LogP contribution is 2.24. The zero-order chi connectivity index (χ0) is 10.7. The molecule has 0 aliphatic carbocycles. The molecule has 0 N–H and O–H groups in total. The van der Waals surface area contributed by atoms with Crippen molar-refractivity contribution in [2.45, 2.75) is 26.7 Å². The van der Waals surface area contributed by atoms with Crippen molar-refractivity contribution in [2.75, 3.05) is 0 Å². The maximum atomic E-state index is 12.5. The number of benzene rings is 1. The van der Waals surface area contributed by atoms with Crippen LogP contribution in [0.1, 0.15) is 30.0 Å². The van der Waals surface area contributed by atoms with Gasteiger partial charge in [0.2, 0.25) is 0 Å². The molecule has 1 nitrogen and oxygen atoms in total. The van der Waals surface area contributed by atoms with Gasteiger partial charge < -0.3 is 0 Å². The van der Waals surface area contributed by atoms with Crippen molar-refractivity contribution in [3.8, 4) is 0 Å². The lowest BCUT2D eigenvalue weighted by Gasteiger charge is -2.08. The largest absolute Gasteiger partial charge is 0.300 e. The average Bonchev–Trinajstić information content (AvgIpc) is 2.07. The summed E-state index contributed by atoms with van der Waals surface area (Å²) in [6, 6.07) is 4.77. The van der Waals surface area contributed by atoms with E-state index in [1.54, 1.807) is 19.1 Å². The lowest BCUT2D eigenvalue weighted by Crippen LogP contribution is -2.01. The van der Waals surface area contributed by atoms with Crippen LogP contribution in [0.2, 0.25) is 0 Å². The molecule has 1 aromatic rings. The Morgan fingerprint density at radius 3 is 2.57 bits per heavy atom. The topological polar surface area (TPSA) is 17.1 Å². The minimum Gasteiger partial charge on any atom is -0.300 e. The maximum Gasteiger partial charge on any atom is 0.264 e. The summed E-state index contributed by atoms with van der Waals surface area (Å²) in [6.45, 7) is 3.15. The molecule has 1 rings (SSSR count). The molecule has 3 heteroatoms. The molecule has 76 valence electrons. The number of Topliss-reactive ketones (excluding diaryl/α,β-unsaturated/α-hetero) is 1. The van der Waals surface area contributed by atoms with Gasteiger partial charge in [-0.2, -0.15) is 0 Å². The SMILES string of the molecule is CC(=O)Cc1ccc(C)cc1C(F)F. The Morgan fingerprint density at radius 2 is 2.07 bits per heavy atom. The molecular weight excluding hydrogens is 186 g/mol. The molecule has 0 unspecified atom stereocenters. The minimum atomic E-state index is -2.51. The molecule has 0 atom stereocenters. The molecule has 0 aliphatic rings. The number of halogens is 2. The zero-order valence-corrected chi connectivity index (χ0v) is 8.18. The molecule has 1 aromatic carbocycles. The predicted molar refractivity (Wildman–Crippen MR) is 50.5 cm³/mol. The van der Waals surface area contributed by atoms with Gasteiger partial charge in [-0.15, -0.1) is 0 Å². The first-order valence-electron chi connectivity index (χ1n) is 4.37. The number of ketones is 1. The molecule has 0 bridgehead atoms. The monoisotopic (exact) mass is 198 g/mol. The lowest BCUT2D eigenvalue weighted by molar-refractivity contribution is -0.116. The van der Waals surface area contributed by atoms with Crippen molar-refractivity contribution in [3.63, 3.8) is 0 Å². The fourth-order valence-corrected chi connectivity index (χ4v) is 1.35. The minimum absolute atomic E-state index is 0.0276. The fourth-order valence-electron chi connectivity index (χ4n) is 1.35. The second kappa shape index (κ2) is 4.31. The molecule has 0 spiro atoms. The van der Waals surface area contributed by atoms with Gasteiger partial charge in [-0.1, -0.05) is 23.8 Å². The number of hydrogen-bond acceptors (Lipinski definition) is 1. The Labute approximate surface area is 81.7 Å². The quantitative estimate of drug-likeness (QED) is 0.729. The highest BCUT2D eigenvalue weighted by atomic mass is 19.3. The number of carbonyl (C=O) groups excluding carboxylic acids is 1. The van der Waals surface area contributed by atoms with E-state index in [4.69, 9.17) is 0 Å². The molecule has 0 aromatic heterocycles. The van der Waals surface area contributed by atoms with E-state index in [0.717, 1.165) is 5.56 Å². The van der Waals surface area contributed by atoms with Gasteiger partial charge >= 0.3 is 0 Å². The third-order valence-electron chi connectivity index (χ3n) is 1.98. The highest BCUT2D eigenvalue weighted by Gasteiger charge is 2.13. The number of aryl methyl sites for hydroxylation is 1. The number of hydrogen-bond donors (Lipinski definition) is 0. The van der Waals surface area contributed by atoms with E-state index in [1.165, 1.54) is 13.0 Å². The molecule has 0 saturated carbocycles. The first-order valence-corrected chi connectivity index (χ1v) is 4.37. The van der Waals surface area contributed by atoms with Gasteiger partial charge in [0.25, 0.3) is 6.43 Å². The summed E-state index contributed by atoms with van der Waals surface area (Å²) in [5.41, 5.74) is 1.19. The average molecular weight is 198 g/mol. The van der Waals surface area contributed by atoms with Crippen molar-refractivity contribution < 1.29 is 13.6 Å². The summed E-state index contributed by atoms with van der Waals surface area (Å²) in [6.07, 6.45) is -2.43. The smallest absolute Gasteiger partial charge is 0.264 e. The maximum absolute atomic E-state index is 12.5. The summed E-state index contributed by atoms with van der Waals surface area (Å²) < 4.78 is 25.1. The van der Waals surface area contributed by atoms with Crippen LogP contribution in [0.15, 0.2) is 18.2 Å². The Morgan fingerprint density at radius 1 is 1.43 bits per heavy atom. The van der Waals surface area contributed by atoms with E-state index < -0.39 is 6.43 Å². The van der Waals surface area contributed by atoms with E-state index >= 15 is 0 Å². The van der Waals surface area contributed by atoms with Gasteiger partial charge in [0.15, 0.2) is 0 Å². The van der Waals surface area contributed by atoms with Gasteiger partial charge in [-0.25, -0.2) is 8.78 Å². The van der Waals surface area contributed by atoms with Crippen molar-refractivity contribution >= 4 is 5.78 Å². The summed E-state index contributed by atoms with van der Waals surface area (Å²) in [7, 11) is 0. The molecular formula is C11H12F2O. The van der Waals surface area contributed by atoms with E-state index in [1.807, 2.05) is 0 Å². The Balaban J connectivity index is 3.08. The highest BCUT2D eigenvalue weighted by molar-refractivity contribution is 5.78. The number of rotatable bonds is 3. The van der Waals surface area contributed by atoms with Crippen molar-refractivity contribution in [2.24, 2.45) is 0 Å². The lowest BCUT2D eigenvalue weighted by atomic mass is 10.0. The Kier molecular flexibility index (Phi) is 3.33. The zero-order valence-electron chi connectivity index (χ0n) is 8.18. The summed E-state index contributed by atoms with van der Waals surface area (Å²) in [5, 5.41) is 0. The Bertz CT molecular complexity index is 345. The van der Waals surface area contributed by atoms with Crippen LogP contribution in [0.4, 0.5) is 8.78 Å². The second-order valence-corrected chi connectivity index (χ2v) is 3.38. The molecule has 0 radical (unpaired) electrons. The van der Waals surface area contributed by atoms with E-state index in [2.05, 4.69) is 0 Å². The Hall–Kier alpha value is -1.25.